The third-order valence-electron chi connectivity index (χ3n) is 2.24. The lowest BCUT2D eigenvalue weighted by atomic mass is 10.3. The molecule has 7 heteroatoms. The van der Waals surface area contributed by atoms with Crippen LogP contribution in [-0.2, 0) is 9.53 Å². The van der Waals surface area contributed by atoms with Crippen molar-refractivity contribution in [1.29, 1.82) is 0 Å². The number of nitro groups is 1. The highest BCUT2D eigenvalue weighted by atomic mass is 16.6. The van der Waals surface area contributed by atoms with Gasteiger partial charge in [0.15, 0.2) is 6.61 Å². The van der Waals surface area contributed by atoms with Crippen molar-refractivity contribution >= 4 is 11.6 Å². The summed E-state index contributed by atoms with van der Waals surface area (Å²) in [6.07, 6.45) is 0. The molecule has 0 aliphatic carbocycles. The summed E-state index contributed by atoms with van der Waals surface area (Å²) in [6.45, 7) is 2.09. The number of methoxy groups -OCH3 is 1. The molecule has 0 saturated heterocycles. The van der Waals surface area contributed by atoms with Gasteiger partial charge < -0.3 is 14.8 Å². The second kappa shape index (κ2) is 7.32. The molecule has 0 aliphatic rings. The van der Waals surface area contributed by atoms with E-state index in [2.05, 4.69) is 5.32 Å². The standard InChI is InChI=1S/C12H16N2O5/c1-9(7-18-2)13-12(15)8-19-11-5-3-10(4-6-11)14(16)17/h3-6,9H,7-8H2,1-2H3,(H,13,15)/t9-/m0/s1. The second-order valence-electron chi connectivity index (χ2n) is 3.96. The minimum Gasteiger partial charge on any atom is -0.484 e. The largest absolute Gasteiger partial charge is 0.484 e. The number of nitrogens with one attached hydrogen (secondary N) is 1. The first-order chi connectivity index (χ1) is 9.02. The molecular formula is C12H16N2O5. The summed E-state index contributed by atoms with van der Waals surface area (Å²) < 4.78 is 10.1. The summed E-state index contributed by atoms with van der Waals surface area (Å²) in [6, 6.07) is 5.44. The summed E-state index contributed by atoms with van der Waals surface area (Å²) in [5.41, 5.74) is -0.0227. The van der Waals surface area contributed by atoms with E-state index in [0.717, 1.165) is 0 Å². The van der Waals surface area contributed by atoms with Crippen molar-refractivity contribution in [3.63, 3.8) is 0 Å². The highest BCUT2D eigenvalue weighted by molar-refractivity contribution is 5.77. The van der Waals surface area contributed by atoms with Crippen molar-refractivity contribution in [2.45, 2.75) is 13.0 Å². The van der Waals surface area contributed by atoms with Gasteiger partial charge in [0.1, 0.15) is 5.75 Å². The number of nitrogens with zero attached hydrogens (tertiary/aromatic N) is 1. The number of carbonyl (C=O) groups excluding carboxylic acids is 1. The van der Waals surface area contributed by atoms with Crippen LogP contribution in [0.1, 0.15) is 6.92 Å². The summed E-state index contributed by atoms with van der Waals surface area (Å²) in [5, 5.41) is 13.1. The third-order valence-corrected chi connectivity index (χ3v) is 2.24. The first-order valence-electron chi connectivity index (χ1n) is 5.68. The van der Waals surface area contributed by atoms with Gasteiger partial charge in [-0.15, -0.1) is 0 Å². The van der Waals surface area contributed by atoms with E-state index in [1.165, 1.54) is 24.3 Å². The van der Waals surface area contributed by atoms with Gasteiger partial charge in [0.05, 0.1) is 11.5 Å². The Labute approximate surface area is 110 Å². The molecule has 104 valence electrons. The average Bonchev–Trinajstić information content (AvgIpc) is 2.37. The van der Waals surface area contributed by atoms with Crippen molar-refractivity contribution in [3.8, 4) is 5.75 Å². The molecular weight excluding hydrogens is 252 g/mol. The van der Waals surface area contributed by atoms with Gasteiger partial charge in [-0.2, -0.15) is 0 Å². The van der Waals surface area contributed by atoms with Crippen molar-refractivity contribution < 1.29 is 19.2 Å². The predicted molar refractivity (Wildman–Crippen MR) is 68.1 cm³/mol. The van der Waals surface area contributed by atoms with Gasteiger partial charge in [-0.3, -0.25) is 14.9 Å². The number of ether oxygens (including phenoxy) is 2. The molecule has 1 rings (SSSR count). The van der Waals surface area contributed by atoms with Gasteiger partial charge in [-0.1, -0.05) is 0 Å². The Morgan fingerprint density at radius 3 is 2.58 bits per heavy atom. The van der Waals surface area contributed by atoms with Gasteiger partial charge in [-0.05, 0) is 19.1 Å². The van der Waals surface area contributed by atoms with Gasteiger partial charge in [0.2, 0.25) is 0 Å². The molecule has 0 spiro atoms. The van der Waals surface area contributed by atoms with Crippen LogP contribution in [0.5, 0.6) is 5.75 Å². The molecule has 0 aromatic heterocycles. The van der Waals surface area contributed by atoms with Crippen LogP contribution in [0, 0.1) is 10.1 Å². The monoisotopic (exact) mass is 268 g/mol. The number of hydrogen-bond acceptors (Lipinski definition) is 5. The van der Waals surface area contributed by atoms with E-state index in [4.69, 9.17) is 9.47 Å². The first-order valence-corrected chi connectivity index (χ1v) is 5.68. The van der Waals surface area contributed by atoms with Crippen LogP contribution >= 0.6 is 0 Å². The SMILES string of the molecule is COC[C@H](C)NC(=O)COc1ccc([N+](=O)[O-])cc1. The van der Waals surface area contributed by atoms with Gasteiger partial charge in [0, 0.05) is 25.3 Å². The Kier molecular flexibility index (Phi) is 5.74. The van der Waals surface area contributed by atoms with E-state index in [1.807, 2.05) is 6.92 Å². The van der Waals surface area contributed by atoms with E-state index in [-0.39, 0.29) is 24.2 Å². The lowest BCUT2D eigenvalue weighted by Gasteiger charge is -2.13. The predicted octanol–water partition coefficient (Wildman–Crippen LogP) is 1.12. The molecule has 0 fully saturated rings. The van der Waals surface area contributed by atoms with Crippen molar-refractivity contribution in [3.05, 3.63) is 34.4 Å². The Balaban J connectivity index is 2.39. The molecule has 19 heavy (non-hydrogen) atoms. The molecule has 1 aromatic rings. The van der Waals surface area contributed by atoms with E-state index < -0.39 is 4.92 Å². The maximum atomic E-state index is 11.5. The third kappa shape index (κ3) is 5.35. The fourth-order valence-electron chi connectivity index (χ4n) is 1.42. The number of amides is 1. The molecule has 0 aliphatic heterocycles. The van der Waals surface area contributed by atoms with E-state index in [0.29, 0.717) is 12.4 Å². The van der Waals surface area contributed by atoms with Crippen LogP contribution in [0.15, 0.2) is 24.3 Å². The fraction of sp³-hybridized carbons (Fsp3) is 0.417. The zero-order valence-electron chi connectivity index (χ0n) is 10.8. The van der Waals surface area contributed by atoms with Crippen molar-refractivity contribution in [1.82, 2.24) is 5.32 Å². The smallest absolute Gasteiger partial charge is 0.269 e. The molecule has 0 heterocycles. The number of benzene rings is 1. The highest BCUT2D eigenvalue weighted by Crippen LogP contribution is 2.16. The van der Waals surface area contributed by atoms with Crippen LogP contribution in [0.3, 0.4) is 0 Å². The van der Waals surface area contributed by atoms with Crippen molar-refractivity contribution in [2.75, 3.05) is 20.3 Å². The van der Waals surface area contributed by atoms with Gasteiger partial charge >= 0.3 is 0 Å². The zero-order valence-corrected chi connectivity index (χ0v) is 10.8. The average molecular weight is 268 g/mol. The molecule has 0 bridgehead atoms. The summed E-state index contributed by atoms with van der Waals surface area (Å²) >= 11 is 0. The zero-order chi connectivity index (χ0) is 14.3. The van der Waals surface area contributed by atoms with Crippen LogP contribution in [-0.4, -0.2) is 37.2 Å². The van der Waals surface area contributed by atoms with E-state index >= 15 is 0 Å². The molecule has 1 aromatic carbocycles. The Bertz CT molecular complexity index is 432. The second-order valence-corrected chi connectivity index (χ2v) is 3.96. The molecule has 7 nitrogen and oxygen atoms in total. The number of non-ortho nitro benzene ring substituents is 1. The maximum absolute atomic E-state index is 11.5. The van der Waals surface area contributed by atoms with Gasteiger partial charge in [0.25, 0.3) is 11.6 Å². The highest BCUT2D eigenvalue weighted by Gasteiger charge is 2.09. The molecule has 1 amide bonds. The minimum atomic E-state index is -0.497. The lowest BCUT2D eigenvalue weighted by Crippen LogP contribution is -2.38. The molecule has 0 unspecified atom stereocenters. The molecule has 1 atom stereocenters. The minimum absolute atomic E-state index is 0.0227. The van der Waals surface area contributed by atoms with E-state index in [9.17, 15) is 14.9 Å². The molecule has 0 saturated carbocycles. The fourth-order valence-corrected chi connectivity index (χ4v) is 1.42. The Hall–Kier alpha value is -2.15. The number of rotatable bonds is 7. The molecule has 0 radical (unpaired) electrons. The van der Waals surface area contributed by atoms with Gasteiger partial charge in [-0.25, -0.2) is 0 Å². The number of carbonyl (C=O) groups is 1. The van der Waals surface area contributed by atoms with Crippen LogP contribution in [0.2, 0.25) is 0 Å². The normalized spacial score (nSPS) is 11.7. The van der Waals surface area contributed by atoms with E-state index in [1.54, 1.807) is 7.11 Å². The van der Waals surface area contributed by atoms with Crippen LogP contribution in [0.25, 0.3) is 0 Å². The summed E-state index contributed by atoms with van der Waals surface area (Å²) in [4.78, 5) is 21.4. The Morgan fingerprint density at radius 2 is 2.05 bits per heavy atom. The molecule has 1 N–H and O–H groups in total. The Morgan fingerprint density at radius 1 is 1.42 bits per heavy atom. The quantitative estimate of drug-likeness (QED) is 0.591. The van der Waals surface area contributed by atoms with Crippen LogP contribution < -0.4 is 10.1 Å². The summed E-state index contributed by atoms with van der Waals surface area (Å²) in [7, 11) is 1.55. The first kappa shape index (κ1) is 14.9. The van der Waals surface area contributed by atoms with Crippen LogP contribution in [0.4, 0.5) is 5.69 Å². The maximum Gasteiger partial charge on any atom is 0.269 e. The number of nitro benzene ring substituents is 1. The number of hydrogen-bond donors (Lipinski definition) is 1. The van der Waals surface area contributed by atoms with Crippen molar-refractivity contribution in [2.24, 2.45) is 0 Å². The topological polar surface area (TPSA) is 90.7 Å². The lowest BCUT2D eigenvalue weighted by molar-refractivity contribution is -0.384. The summed E-state index contributed by atoms with van der Waals surface area (Å²) in [5.74, 6) is 0.128.